The molecular formula is C21H40N2O2. The average molecular weight is 353 g/mol. The van der Waals surface area contributed by atoms with Gasteiger partial charge in [0.15, 0.2) is 0 Å². The molecule has 0 radical (unpaired) electrons. The predicted octanol–water partition coefficient (Wildman–Crippen LogP) is 3.50. The second kappa shape index (κ2) is 10.2. The summed E-state index contributed by atoms with van der Waals surface area (Å²) in [6, 6.07) is 0.666. The second-order valence-corrected chi connectivity index (χ2v) is 8.88. The summed E-state index contributed by atoms with van der Waals surface area (Å²) in [5.74, 6) is 0.860. The van der Waals surface area contributed by atoms with E-state index in [9.17, 15) is 0 Å². The van der Waals surface area contributed by atoms with E-state index in [2.05, 4.69) is 10.6 Å². The molecule has 0 aromatic heterocycles. The third-order valence-corrected chi connectivity index (χ3v) is 6.71. The number of fused-ring (bicyclic) bond motifs is 4. The molecule has 4 atom stereocenters. The number of ether oxygens (including phenoxy) is 2. The van der Waals surface area contributed by atoms with E-state index in [0.29, 0.717) is 17.6 Å². The van der Waals surface area contributed by atoms with Gasteiger partial charge >= 0.3 is 0 Å². The van der Waals surface area contributed by atoms with E-state index in [1.807, 2.05) is 7.11 Å². The Hall–Kier alpha value is -0.160. The van der Waals surface area contributed by atoms with Crippen LogP contribution >= 0.6 is 0 Å². The van der Waals surface area contributed by atoms with Crippen LogP contribution in [0.1, 0.15) is 70.6 Å². The molecule has 0 amide bonds. The van der Waals surface area contributed by atoms with Crippen molar-refractivity contribution in [3.63, 3.8) is 0 Å². The highest BCUT2D eigenvalue weighted by Crippen LogP contribution is 2.36. The molecule has 4 nitrogen and oxygen atoms in total. The van der Waals surface area contributed by atoms with Gasteiger partial charge in [0.2, 0.25) is 0 Å². The standard InChI is InChI=1S/C21H40N2O2/c1-24-17-21-10-5-7-19(15-21)23-11-2-3-13-25-20-8-4-6-18(14-20)9-12-22-16-21/h18-20,22-23H,2-17H2,1H3. The molecule has 0 aromatic carbocycles. The van der Waals surface area contributed by atoms with Gasteiger partial charge in [0.1, 0.15) is 0 Å². The smallest absolute Gasteiger partial charge is 0.0577 e. The molecule has 2 N–H and O–H groups in total. The Balaban J connectivity index is 1.57. The Labute approximate surface area is 154 Å². The van der Waals surface area contributed by atoms with Crippen LogP contribution in [0, 0.1) is 11.3 Å². The molecule has 4 heteroatoms. The van der Waals surface area contributed by atoms with Gasteiger partial charge in [-0.25, -0.2) is 0 Å². The predicted molar refractivity (Wildman–Crippen MR) is 103 cm³/mol. The molecule has 1 aliphatic heterocycles. The molecule has 2 saturated carbocycles. The van der Waals surface area contributed by atoms with Crippen molar-refractivity contribution in [1.29, 1.82) is 0 Å². The van der Waals surface area contributed by atoms with Crippen LogP contribution in [0.4, 0.5) is 0 Å². The highest BCUT2D eigenvalue weighted by Gasteiger charge is 2.36. The fourth-order valence-electron chi connectivity index (χ4n) is 5.37. The van der Waals surface area contributed by atoms with Crippen molar-refractivity contribution < 1.29 is 9.47 Å². The molecule has 4 bridgehead atoms. The number of hydrogen-bond acceptors (Lipinski definition) is 4. The van der Waals surface area contributed by atoms with Crippen molar-refractivity contribution in [3.8, 4) is 0 Å². The first-order valence-corrected chi connectivity index (χ1v) is 10.8. The van der Waals surface area contributed by atoms with Gasteiger partial charge in [-0.3, -0.25) is 0 Å². The van der Waals surface area contributed by atoms with E-state index in [4.69, 9.17) is 9.47 Å². The Morgan fingerprint density at radius 3 is 2.92 bits per heavy atom. The summed E-state index contributed by atoms with van der Waals surface area (Å²) in [5, 5.41) is 7.62. The molecule has 25 heavy (non-hydrogen) atoms. The minimum Gasteiger partial charge on any atom is -0.384 e. The molecular weight excluding hydrogens is 312 g/mol. The van der Waals surface area contributed by atoms with Crippen molar-refractivity contribution in [2.45, 2.75) is 82.8 Å². The highest BCUT2D eigenvalue weighted by atomic mass is 16.5. The van der Waals surface area contributed by atoms with Crippen molar-refractivity contribution in [2.75, 3.05) is 40.0 Å². The lowest BCUT2D eigenvalue weighted by Gasteiger charge is -2.41. The number of rotatable bonds is 2. The van der Waals surface area contributed by atoms with Crippen LogP contribution in [0.2, 0.25) is 0 Å². The van der Waals surface area contributed by atoms with Crippen molar-refractivity contribution in [1.82, 2.24) is 10.6 Å². The first kappa shape index (κ1) is 19.6. The van der Waals surface area contributed by atoms with E-state index in [1.54, 1.807) is 0 Å². The van der Waals surface area contributed by atoms with Crippen LogP contribution in [0.5, 0.6) is 0 Å². The summed E-state index contributed by atoms with van der Waals surface area (Å²) in [6.07, 6.45) is 14.8. The van der Waals surface area contributed by atoms with E-state index < -0.39 is 0 Å². The Bertz CT molecular complexity index is 375. The summed E-state index contributed by atoms with van der Waals surface area (Å²) in [7, 11) is 1.87. The van der Waals surface area contributed by atoms with Gasteiger partial charge in [0, 0.05) is 31.7 Å². The van der Waals surface area contributed by atoms with Crippen LogP contribution in [-0.2, 0) is 9.47 Å². The van der Waals surface area contributed by atoms with Crippen LogP contribution in [-0.4, -0.2) is 52.1 Å². The maximum absolute atomic E-state index is 6.18. The second-order valence-electron chi connectivity index (χ2n) is 8.88. The van der Waals surface area contributed by atoms with Crippen LogP contribution in [0.3, 0.4) is 0 Å². The quantitative estimate of drug-likeness (QED) is 0.798. The van der Waals surface area contributed by atoms with Gasteiger partial charge in [0.05, 0.1) is 12.7 Å². The number of methoxy groups -OCH3 is 1. The van der Waals surface area contributed by atoms with Gasteiger partial charge in [-0.15, -0.1) is 0 Å². The van der Waals surface area contributed by atoms with Gasteiger partial charge in [-0.2, -0.15) is 0 Å². The summed E-state index contributed by atoms with van der Waals surface area (Å²) in [6.45, 7) is 5.26. The van der Waals surface area contributed by atoms with Crippen molar-refractivity contribution in [2.24, 2.45) is 11.3 Å². The monoisotopic (exact) mass is 352 g/mol. The third-order valence-electron chi connectivity index (χ3n) is 6.71. The maximum Gasteiger partial charge on any atom is 0.0577 e. The molecule has 0 aromatic rings. The normalized spacial score (nSPS) is 39.0. The fourth-order valence-corrected chi connectivity index (χ4v) is 5.37. The van der Waals surface area contributed by atoms with Gasteiger partial charge in [-0.05, 0) is 70.4 Å². The fraction of sp³-hybridized carbons (Fsp3) is 1.00. The summed E-state index contributed by atoms with van der Waals surface area (Å²) >= 11 is 0. The van der Waals surface area contributed by atoms with E-state index >= 15 is 0 Å². The van der Waals surface area contributed by atoms with Crippen molar-refractivity contribution >= 4 is 0 Å². The van der Waals surface area contributed by atoms with E-state index in [0.717, 1.165) is 38.8 Å². The Morgan fingerprint density at radius 2 is 2.00 bits per heavy atom. The van der Waals surface area contributed by atoms with Gasteiger partial charge in [0.25, 0.3) is 0 Å². The minimum absolute atomic E-state index is 0.333. The molecule has 1 heterocycles. The largest absolute Gasteiger partial charge is 0.384 e. The lowest BCUT2D eigenvalue weighted by Crippen LogP contribution is -2.47. The molecule has 1 saturated heterocycles. The summed E-state index contributed by atoms with van der Waals surface area (Å²) in [4.78, 5) is 0. The number of hydrogen-bond donors (Lipinski definition) is 2. The molecule has 3 fully saturated rings. The summed E-state index contributed by atoms with van der Waals surface area (Å²) in [5.41, 5.74) is 0.333. The summed E-state index contributed by atoms with van der Waals surface area (Å²) < 4.78 is 11.8. The molecule has 0 spiro atoms. The molecule has 4 unspecified atom stereocenters. The lowest BCUT2D eigenvalue weighted by molar-refractivity contribution is 0.00843. The third kappa shape index (κ3) is 6.20. The first-order chi connectivity index (χ1) is 12.3. The molecule has 2 aliphatic carbocycles. The van der Waals surface area contributed by atoms with E-state index in [1.165, 1.54) is 70.6 Å². The highest BCUT2D eigenvalue weighted by molar-refractivity contribution is 4.91. The minimum atomic E-state index is 0.333. The maximum atomic E-state index is 6.18. The first-order valence-electron chi connectivity index (χ1n) is 10.8. The number of nitrogens with one attached hydrogen (secondary N) is 2. The van der Waals surface area contributed by atoms with Crippen molar-refractivity contribution in [3.05, 3.63) is 0 Å². The molecule has 146 valence electrons. The zero-order valence-electron chi connectivity index (χ0n) is 16.4. The average Bonchev–Trinajstić information content (AvgIpc) is 2.62. The lowest BCUT2D eigenvalue weighted by atomic mass is 9.72. The van der Waals surface area contributed by atoms with Gasteiger partial charge in [-0.1, -0.05) is 19.3 Å². The SMILES string of the molecule is COCC12CCCC(C1)NCCCCOC1CCCC(CCNC2)C1. The van der Waals surface area contributed by atoms with Crippen LogP contribution in [0.25, 0.3) is 0 Å². The zero-order valence-corrected chi connectivity index (χ0v) is 16.4. The van der Waals surface area contributed by atoms with Gasteiger partial charge < -0.3 is 20.1 Å². The molecule has 3 rings (SSSR count). The van der Waals surface area contributed by atoms with Crippen LogP contribution < -0.4 is 10.6 Å². The Kier molecular flexibility index (Phi) is 8.03. The Morgan fingerprint density at radius 1 is 1.04 bits per heavy atom. The topological polar surface area (TPSA) is 42.5 Å². The zero-order chi connectivity index (χ0) is 17.4. The van der Waals surface area contributed by atoms with E-state index in [-0.39, 0.29) is 0 Å². The molecule has 3 aliphatic rings. The van der Waals surface area contributed by atoms with Crippen LogP contribution in [0.15, 0.2) is 0 Å².